The highest BCUT2D eigenvalue weighted by atomic mass is 32.2. The van der Waals surface area contributed by atoms with Crippen molar-refractivity contribution in [2.75, 3.05) is 7.11 Å². The Morgan fingerprint density at radius 3 is 2.67 bits per heavy atom. The zero-order valence-electron chi connectivity index (χ0n) is 18.0. The number of aromatic nitrogens is 4. The van der Waals surface area contributed by atoms with Crippen molar-refractivity contribution in [1.29, 1.82) is 0 Å². The topological polar surface area (TPSA) is 66.0 Å². The minimum absolute atomic E-state index is 0.643. The summed E-state index contributed by atoms with van der Waals surface area (Å²) in [6.45, 7) is 0.756. The monoisotopic (exact) mass is 474 g/mol. The standard InChI is InChI=1S/C25H22N4O2S2/c1-30-21-11-6-5-10-20(21)23-27-28-25(29(23)14-13-18-8-3-2-4-9-18)33-17-19-16-31-24(26-19)22-12-7-15-32-22/h2-12,15-16H,13-14,17H2,1H3. The summed E-state index contributed by atoms with van der Waals surface area (Å²) in [5.74, 6) is 2.87. The lowest BCUT2D eigenvalue weighted by Gasteiger charge is -2.12. The molecule has 0 aliphatic carbocycles. The van der Waals surface area contributed by atoms with Crippen molar-refractivity contribution < 1.29 is 9.15 Å². The zero-order valence-corrected chi connectivity index (χ0v) is 19.7. The van der Waals surface area contributed by atoms with Gasteiger partial charge in [0.1, 0.15) is 12.0 Å². The van der Waals surface area contributed by atoms with Crippen molar-refractivity contribution in [3.05, 3.63) is 89.6 Å². The summed E-state index contributed by atoms with van der Waals surface area (Å²) in [4.78, 5) is 5.65. The lowest BCUT2D eigenvalue weighted by Crippen LogP contribution is -2.06. The predicted molar refractivity (Wildman–Crippen MR) is 132 cm³/mol. The van der Waals surface area contributed by atoms with Crippen LogP contribution in [-0.2, 0) is 18.7 Å². The van der Waals surface area contributed by atoms with Crippen LogP contribution in [0.25, 0.3) is 22.2 Å². The number of ether oxygens (including phenoxy) is 1. The van der Waals surface area contributed by atoms with Crippen LogP contribution in [-0.4, -0.2) is 26.9 Å². The predicted octanol–water partition coefficient (Wildman–Crippen LogP) is 6.21. The Morgan fingerprint density at radius 2 is 1.85 bits per heavy atom. The van der Waals surface area contributed by atoms with Gasteiger partial charge in [-0.3, -0.25) is 0 Å². The molecule has 33 heavy (non-hydrogen) atoms. The number of aryl methyl sites for hydroxylation is 1. The Hall–Kier alpha value is -3.36. The summed E-state index contributed by atoms with van der Waals surface area (Å²) in [6, 6.07) is 22.3. The van der Waals surface area contributed by atoms with Crippen LogP contribution in [0.4, 0.5) is 0 Å². The fourth-order valence-electron chi connectivity index (χ4n) is 3.54. The lowest BCUT2D eigenvalue weighted by molar-refractivity contribution is 0.415. The minimum Gasteiger partial charge on any atom is -0.496 e. The van der Waals surface area contributed by atoms with Gasteiger partial charge in [0.25, 0.3) is 0 Å². The Balaban J connectivity index is 1.40. The number of oxazole rings is 1. The molecule has 0 amide bonds. The van der Waals surface area contributed by atoms with Crippen molar-refractivity contribution in [2.24, 2.45) is 0 Å². The van der Waals surface area contributed by atoms with Gasteiger partial charge in [0.15, 0.2) is 11.0 Å². The van der Waals surface area contributed by atoms with Gasteiger partial charge in [-0.2, -0.15) is 0 Å². The maximum atomic E-state index is 5.66. The first-order chi connectivity index (χ1) is 16.3. The third kappa shape index (κ3) is 4.86. The van der Waals surface area contributed by atoms with Crippen molar-refractivity contribution >= 4 is 23.1 Å². The first kappa shape index (κ1) is 21.5. The van der Waals surface area contributed by atoms with E-state index in [2.05, 4.69) is 44.0 Å². The second-order valence-corrected chi connectivity index (χ2v) is 9.19. The van der Waals surface area contributed by atoms with Gasteiger partial charge in [0.2, 0.25) is 5.89 Å². The second-order valence-electron chi connectivity index (χ2n) is 7.30. The maximum Gasteiger partial charge on any atom is 0.236 e. The van der Waals surface area contributed by atoms with Crippen LogP contribution in [0.5, 0.6) is 5.75 Å². The summed E-state index contributed by atoms with van der Waals surface area (Å²) >= 11 is 3.22. The van der Waals surface area contributed by atoms with Crippen LogP contribution >= 0.6 is 23.1 Å². The molecule has 0 atom stereocenters. The molecule has 3 aromatic heterocycles. The largest absolute Gasteiger partial charge is 0.496 e. The van der Waals surface area contributed by atoms with E-state index in [9.17, 15) is 0 Å². The van der Waals surface area contributed by atoms with Crippen molar-refractivity contribution in [2.45, 2.75) is 23.9 Å². The average molecular weight is 475 g/mol. The molecule has 0 unspecified atom stereocenters. The molecular formula is C25H22N4O2S2. The molecule has 0 fully saturated rings. The summed E-state index contributed by atoms with van der Waals surface area (Å²) in [5.41, 5.74) is 3.07. The first-order valence-corrected chi connectivity index (χ1v) is 12.4. The summed E-state index contributed by atoms with van der Waals surface area (Å²) in [6.07, 6.45) is 2.59. The van der Waals surface area contributed by atoms with Crippen molar-refractivity contribution in [3.8, 4) is 27.9 Å². The lowest BCUT2D eigenvalue weighted by atomic mass is 10.1. The third-order valence-corrected chi connectivity index (χ3v) is 7.02. The van der Waals surface area contributed by atoms with E-state index in [0.717, 1.165) is 45.8 Å². The number of rotatable bonds is 9. The number of thiophene rings is 1. The van der Waals surface area contributed by atoms with Gasteiger partial charge in [-0.05, 0) is 35.6 Å². The second kappa shape index (κ2) is 10.1. The van der Waals surface area contributed by atoms with E-state index < -0.39 is 0 Å². The molecule has 3 heterocycles. The Labute approximate surface area is 200 Å². The Morgan fingerprint density at radius 1 is 1.00 bits per heavy atom. The molecule has 166 valence electrons. The fraction of sp³-hybridized carbons (Fsp3) is 0.160. The van der Waals surface area contributed by atoms with Crippen LogP contribution in [0.15, 0.2) is 87.9 Å². The molecular weight excluding hydrogens is 452 g/mol. The van der Waals surface area contributed by atoms with Crippen molar-refractivity contribution in [3.63, 3.8) is 0 Å². The van der Waals surface area contributed by atoms with E-state index >= 15 is 0 Å². The molecule has 5 rings (SSSR count). The van der Waals surface area contributed by atoms with Crippen LogP contribution in [0.2, 0.25) is 0 Å². The highest BCUT2D eigenvalue weighted by molar-refractivity contribution is 7.98. The van der Waals surface area contributed by atoms with Crippen LogP contribution in [0, 0.1) is 0 Å². The smallest absolute Gasteiger partial charge is 0.236 e. The van der Waals surface area contributed by atoms with Crippen LogP contribution in [0.3, 0.4) is 0 Å². The Kier molecular flexibility index (Phi) is 6.55. The quantitative estimate of drug-likeness (QED) is 0.237. The number of benzene rings is 2. The molecule has 0 spiro atoms. The molecule has 0 aliphatic rings. The van der Waals surface area contributed by atoms with Gasteiger partial charge in [-0.15, -0.1) is 21.5 Å². The fourth-order valence-corrected chi connectivity index (χ4v) is 5.03. The molecule has 5 aromatic rings. The van der Waals surface area contributed by atoms with Gasteiger partial charge in [-0.1, -0.05) is 60.3 Å². The molecule has 0 saturated heterocycles. The van der Waals surface area contributed by atoms with E-state index in [1.54, 1.807) is 36.5 Å². The number of hydrogen-bond donors (Lipinski definition) is 0. The normalized spacial score (nSPS) is 11.1. The van der Waals surface area contributed by atoms with Gasteiger partial charge in [0.05, 0.1) is 23.2 Å². The summed E-state index contributed by atoms with van der Waals surface area (Å²) in [5, 5.41) is 11.9. The molecule has 0 saturated carbocycles. The molecule has 8 heteroatoms. The Bertz CT molecular complexity index is 1310. The van der Waals surface area contributed by atoms with E-state index in [4.69, 9.17) is 9.15 Å². The number of nitrogens with zero attached hydrogens (tertiary/aromatic N) is 4. The molecule has 0 radical (unpaired) electrons. The third-order valence-electron chi connectivity index (χ3n) is 5.16. The first-order valence-electron chi connectivity index (χ1n) is 10.5. The van der Waals surface area contributed by atoms with Crippen LogP contribution in [0.1, 0.15) is 11.3 Å². The summed E-state index contributed by atoms with van der Waals surface area (Å²) in [7, 11) is 1.68. The molecule has 2 aromatic carbocycles. The minimum atomic E-state index is 0.643. The van der Waals surface area contributed by atoms with Gasteiger partial charge in [-0.25, -0.2) is 4.98 Å². The summed E-state index contributed by atoms with van der Waals surface area (Å²) < 4.78 is 13.4. The van der Waals surface area contributed by atoms with Gasteiger partial charge < -0.3 is 13.7 Å². The van der Waals surface area contributed by atoms with E-state index in [-0.39, 0.29) is 0 Å². The number of methoxy groups -OCH3 is 1. The van der Waals surface area contributed by atoms with E-state index in [1.807, 2.05) is 47.8 Å². The number of thioether (sulfide) groups is 1. The number of para-hydroxylation sites is 1. The van der Waals surface area contributed by atoms with Gasteiger partial charge in [0, 0.05) is 12.3 Å². The highest BCUT2D eigenvalue weighted by Crippen LogP contribution is 2.32. The average Bonchev–Trinajstić information content (AvgIpc) is 3.63. The molecule has 6 nitrogen and oxygen atoms in total. The van der Waals surface area contributed by atoms with Gasteiger partial charge >= 0.3 is 0 Å². The van der Waals surface area contributed by atoms with Crippen LogP contribution < -0.4 is 4.74 Å². The van der Waals surface area contributed by atoms with Crippen molar-refractivity contribution in [1.82, 2.24) is 19.7 Å². The number of hydrogen-bond acceptors (Lipinski definition) is 7. The molecule has 0 N–H and O–H groups in total. The molecule has 0 bridgehead atoms. The molecule has 0 aliphatic heterocycles. The zero-order chi connectivity index (χ0) is 22.5. The SMILES string of the molecule is COc1ccccc1-c1nnc(SCc2coc(-c3cccs3)n2)n1CCc1ccccc1. The van der Waals surface area contributed by atoms with E-state index in [0.29, 0.717) is 11.6 Å². The van der Waals surface area contributed by atoms with E-state index in [1.165, 1.54) is 5.56 Å². The highest BCUT2D eigenvalue weighted by Gasteiger charge is 2.18. The maximum absolute atomic E-state index is 5.66.